The second-order valence-electron chi connectivity index (χ2n) is 25.0. The molecule has 1 aliphatic carbocycles. The first-order valence-electron chi connectivity index (χ1n) is 24.8. The van der Waals surface area contributed by atoms with E-state index in [0.29, 0.717) is 0 Å². The molecule has 0 saturated carbocycles. The fourth-order valence-electron chi connectivity index (χ4n) is 12.4. The third-order valence-electron chi connectivity index (χ3n) is 16.2. The summed E-state index contributed by atoms with van der Waals surface area (Å²) in [7, 11) is 0. The number of hydrogen-bond acceptors (Lipinski definition) is 3. The van der Waals surface area contributed by atoms with Gasteiger partial charge in [-0.25, -0.2) is 0 Å². The number of furan rings is 1. The fraction of sp³-hybridized carbons (Fsp3) is 0.302. The number of hydrogen-bond donors (Lipinski definition) is 0. The van der Waals surface area contributed by atoms with Crippen LogP contribution in [0, 0.1) is 0 Å². The fourth-order valence-corrected chi connectivity index (χ4v) is 13.7. The van der Waals surface area contributed by atoms with Gasteiger partial charge in [-0.2, -0.15) is 0 Å². The van der Waals surface area contributed by atoms with Crippen molar-refractivity contribution >= 4 is 93.6 Å². The van der Waals surface area contributed by atoms with Crippen LogP contribution in [0.3, 0.4) is 0 Å². The van der Waals surface area contributed by atoms with E-state index in [1.54, 1.807) is 0 Å². The molecular weight excluding hydrogens is 844 g/mol. The zero-order valence-electron chi connectivity index (χ0n) is 42.3. The van der Waals surface area contributed by atoms with Crippen LogP contribution in [0.25, 0.3) is 81.8 Å². The Labute approximate surface area is 405 Å². The minimum Gasteiger partial charge on any atom is -0.456 e. The lowest BCUT2D eigenvalue weighted by Crippen LogP contribution is -2.59. The van der Waals surface area contributed by atoms with Crippen LogP contribution >= 0.6 is 11.3 Å². The van der Waals surface area contributed by atoms with E-state index in [1.807, 2.05) is 11.3 Å². The molecule has 0 unspecified atom stereocenters. The second kappa shape index (κ2) is 13.2. The summed E-state index contributed by atoms with van der Waals surface area (Å²) in [5.74, 6) is 0. The summed E-state index contributed by atoms with van der Waals surface area (Å²) in [5, 5.41) is 6.40. The Balaban J connectivity index is 1.27. The number of fused-ring (bicyclic) bond motifs is 18. The van der Waals surface area contributed by atoms with E-state index in [-0.39, 0.29) is 33.9 Å². The lowest BCUT2D eigenvalue weighted by Gasteiger charge is -2.42. The molecule has 68 heavy (non-hydrogen) atoms. The van der Waals surface area contributed by atoms with Crippen LogP contribution in [0.1, 0.15) is 130 Å². The monoisotopic (exact) mass is 904 g/mol. The summed E-state index contributed by atoms with van der Waals surface area (Å²) in [4.78, 5) is 2.73. The van der Waals surface area contributed by atoms with Gasteiger partial charge in [0.25, 0.3) is 0 Å². The molecule has 0 saturated heterocycles. The molecule has 5 heteroatoms. The van der Waals surface area contributed by atoms with Crippen LogP contribution in [0.4, 0.5) is 11.4 Å². The van der Waals surface area contributed by atoms with Crippen molar-refractivity contribution in [1.82, 2.24) is 4.57 Å². The number of nitrogens with zero attached hydrogens (tertiary/aromatic N) is 2. The molecule has 0 atom stereocenters. The lowest BCUT2D eigenvalue weighted by atomic mass is 9.46. The van der Waals surface area contributed by atoms with Crippen LogP contribution < -0.4 is 15.1 Å². The van der Waals surface area contributed by atoms with Crippen LogP contribution in [0.5, 0.6) is 0 Å². The quantitative estimate of drug-likeness (QED) is 0.153. The van der Waals surface area contributed by atoms with Crippen LogP contribution in [-0.2, 0) is 27.1 Å². The van der Waals surface area contributed by atoms with E-state index >= 15 is 0 Å². The first kappa shape index (κ1) is 42.1. The average molecular weight is 905 g/mol. The van der Waals surface area contributed by atoms with Crippen LogP contribution in [0.15, 0.2) is 120 Å². The summed E-state index contributed by atoms with van der Waals surface area (Å²) in [6.45, 7) is 32.8. The predicted octanol–water partition coefficient (Wildman–Crippen LogP) is 16.6. The standard InChI is InChI=1S/C63H61BN2OS/c1-59(2,3)34-19-24-38(25-20-34)66-47-32-41-39-26-21-37(62(10,11)12)31-48(39)67-49(41)33-43(47)52-51-40-17-15-16-18-45(40)63(13,14)54(51)53-42-29-35(60(4,5)6)22-27-46(42)65-56-44-30-36(61(7,8)9)23-28-50(44)68-58(56)64(66)55(52)57(53)65/h15-33H,1-14H3. The van der Waals surface area contributed by atoms with Crippen molar-refractivity contribution in [2.45, 2.75) is 124 Å². The van der Waals surface area contributed by atoms with Gasteiger partial charge in [-0.3, -0.25) is 0 Å². The molecule has 0 spiro atoms. The topological polar surface area (TPSA) is 21.3 Å². The van der Waals surface area contributed by atoms with E-state index in [9.17, 15) is 0 Å². The van der Waals surface area contributed by atoms with Crippen molar-refractivity contribution < 1.29 is 4.42 Å². The van der Waals surface area contributed by atoms with E-state index in [4.69, 9.17) is 4.42 Å². The minimum atomic E-state index is -0.267. The zero-order chi connectivity index (χ0) is 47.5. The smallest absolute Gasteiger partial charge is 0.343 e. The van der Waals surface area contributed by atoms with Gasteiger partial charge in [0.1, 0.15) is 11.2 Å². The van der Waals surface area contributed by atoms with E-state index in [2.05, 4.69) is 222 Å². The highest BCUT2D eigenvalue weighted by Crippen LogP contribution is 2.60. The molecule has 2 aliphatic heterocycles. The summed E-state index contributed by atoms with van der Waals surface area (Å²) in [5.41, 5.74) is 22.8. The molecule has 0 bridgehead atoms. The Morgan fingerprint density at radius 3 is 1.84 bits per heavy atom. The summed E-state index contributed by atoms with van der Waals surface area (Å²) in [6.07, 6.45) is 0. The molecule has 0 radical (unpaired) electrons. The predicted molar refractivity (Wildman–Crippen MR) is 295 cm³/mol. The first-order valence-corrected chi connectivity index (χ1v) is 25.6. The van der Waals surface area contributed by atoms with Crippen molar-refractivity contribution in [2.75, 3.05) is 4.81 Å². The van der Waals surface area contributed by atoms with Gasteiger partial charge in [0.15, 0.2) is 0 Å². The maximum Gasteiger partial charge on any atom is 0.343 e. The second-order valence-corrected chi connectivity index (χ2v) is 26.1. The van der Waals surface area contributed by atoms with Crippen molar-refractivity contribution in [1.29, 1.82) is 0 Å². The summed E-state index contributed by atoms with van der Waals surface area (Å²) in [6, 6.07) is 45.3. The molecule has 3 aliphatic rings. The third-order valence-corrected chi connectivity index (χ3v) is 17.4. The van der Waals surface area contributed by atoms with Gasteiger partial charge in [-0.15, -0.1) is 11.3 Å². The Bertz CT molecular complexity index is 3860. The van der Waals surface area contributed by atoms with Gasteiger partial charge < -0.3 is 13.8 Å². The average Bonchev–Trinajstić information content (AvgIpc) is 4.00. The number of rotatable bonds is 1. The molecule has 10 aromatic rings. The van der Waals surface area contributed by atoms with Gasteiger partial charge in [0.2, 0.25) is 0 Å². The molecule has 5 heterocycles. The highest BCUT2D eigenvalue weighted by Gasteiger charge is 2.51. The van der Waals surface area contributed by atoms with Crippen LogP contribution in [0.2, 0.25) is 0 Å². The van der Waals surface area contributed by atoms with Gasteiger partial charge in [0, 0.05) is 58.8 Å². The first-order chi connectivity index (χ1) is 32.0. The summed E-state index contributed by atoms with van der Waals surface area (Å²) >= 11 is 1.99. The maximum absolute atomic E-state index is 7.05. The molecule has 3 aromatic heterocycles. The maximum atomic E-state index is 7.05. The molecule has 3 nitrogen and oxygen atoms in total. The van der Waals surface area contributed by atoms with E-state index in [1.165, 1.54) is 115 Å². The molecule has 7 aromatic carbocycles. The lowest BCUT2D eigenvalue weighted by molar-refractivity contribution is 0.587. The minimum absolute atomic E-state index is 0.00232. The van der Waals surface area contributed by atoms with Crippen molar-refractivity contribution in [3.63, 3.8) is 0 Å². The highest BCUT2D eigenvalue weighted by atomic mass is 32.1. The van der Waals surface area contributed by atoms with Crippen molar-refractivity contribution in [3.8, 4) is 27.9 Å². The Morgan fingerprint density at radius 2 is 1.15 bits per heavy atom. The van der Waals surface area contributed by atoms with Gasteiger partial charge in [-0.1, -0.05) is 158 Å². The number of benzene rings is 7. The van der Waals surface area contributed by atoms with Crippen LogP contribution in [-0.4, -0.2) is 11.4 Å². The SMILES string of the molecule is CC(C)(C)c1ccc(N2B3c4sc5ccc(C(C)(C)C)cc5c4-n4c5ccc(C(C)(C)C)cc5c5c6c(c(c3c54)-c3cc4oc5cc(C(C)(C)C)ccc5c4cc32)-c2ccccc2C6(C)C)cc1. The van der Waals surface area contributed by atoms with E-state index < -0.39 is 0 Å². The molecule has 0 N–H and O–H groups in total. The largest absolute Gasteiger partial charge is 0.456 e. The molecule has 338 valence electrons. The normalized spacial score (nSPS) is 15.3. The zero-order valence-corrected chi connectivity index (χ0v) is 43.1. The Morgan fingerprint density at radius 1 is 0.544 bits per heavy atom. The Kier molecular flexibility index (Phi) is 8.16. The van der Waals surface area contributed by atoms with Gasteiger partial charge in [-0.05, 0) is 132 Å². The number of aromatic nitrogens is 1. The summed E-state index contributed by atoms with van der Waals surface area (Å²) < 4.78 is 12.5. The third kappa shape index (κ3) is 5.54. The van der Waals surface area contributed by atoms with Gasteiger partial charge in [0.05, 0.1) is 16.7 Å². The highest BCUT2D eigenvalue weighted by molar-refractivity contribution is 7.32. The van der Waals surface area contributed by atoms with Crippen molar-refractivity contribution in [3.05, 3.63) is 149 Å². The van der Waals surface area contributed by atoms with E-state index in [0.717, 1.165) is 21.9 Å². The number of anilines is 2. The molecule has 0 amide bonds. The Hall–Kier alpha value is -6.04. The number of thiophene rings is 1. The van der Waals surface area contributed by atoms with Gasteiger partial charge >= 0.3 is 6.85 Å². The molecular formula is C63H61BN2OS. The molecule has 0 fully saturated rings. The molecule has 13 rings (SSSR count). The van der Waals surface area contributed by atoms with Crippen molar-refractivity contribution in [2.24, 2.45) is 0 Å².